The third-order valence-electron chi connectivity index (χ3n) is 2.64. The summed E-state index contributed by atoms with van der Waals surface area (Å²) in [4.78, 5) is 0. The van der Waals surface area contributed by atoms with Gasteiger partial charge in [-0.15, -0.1) is 0 Å². The normalized spacial score (nSPS) is 11.2. The Hall–Kier alpha value is -1.34. The Morgan fingerprint density at radius 2 is 1.69 bits per heavy atom. The minimum Gasteiger partial charge on any atom is -0.374 e. The molecule has 0 saturated heterocycles. The fraction of sp³-hybridized carbons (Fsp3) is 0.333. The van der Waals surface area contributed by atoms with E-state index in [0.29, 0.717) is 6.61 Å². The van der Waals surface area contributed by atoms with E-state index >= 15 is 0 Å². The summed E-state index contributed by atoms with van der Waals surface area (Å²) < 4.78 is 5.60. The van der Waals surface area contributed by atoms with Gasteiger partial charge < -0.3 is 4.74 Å². The summed E-state index contributed by atoms with van der Waals surface area (Å²) in [5, 5.41) is 2.59. The molecule has 0 N–H and O–H groups in total. The topological polar surface area (TPSA) is 9.23 Å². The van der Waals surface area contributed by atoms with E-state index in [0.717, 1.165) is 0 Å². The van der Waals surface area contributed by atoms with Crippen molar-refractivity contribution >= 4 is 10.8 Å². The number of rotatable bonds is 3. The van der Waals surface area contributed by atoms with Crippen molar-refractivity contribution in [3.63, 3.8) is 0 Å². The van der Waals surface area contributed by atoms with Gasteiger partial charge in [-0.25, -0.2) is 0 Å². The lowest BCUT2D eigenvalue weighted by Crippen LogP contribution is -2.01. The zero-order valence-electron chi connectivity index (χ0n) is 10.2. The molecule has 84 valence electrons. The van der Waals surface area contributed by atoms with Gasteiger partial charge in [0.1, 0.15) is 0 Å². The summed E-state index contributed by atoms with van der Waals surface area (Å²) in [6.07, 6.45) is 0.286. The monoisotopic (exact) mass is 214 g/mol. The van der Waals surface area contributed by atoms with Gasteiger partial charge in [0.15, 0.2) is 0 Å². The molecule has 0 saturated carbocycles. The highest BCUT2D eigenvalue weighted by Crippen LogP contribution is 2.18. The van der Waals surface area contributed by atoms with Gasteiger partial charge in [-0.3, -0.25) is 0 Å². The minimum atomic E-state index is 0.286. The number of ether oxygens (including phenoxy) is 1. The fourth-order valence-electron chi connectivity index (χ4n) is 1.77. The third-order valence-corrected chi connectivity index (χ3v) is 2.64. The maximum atomic E-state index is 5.60. The van der Waals surface area contributed by atoms with Crippen LogP contribution < -0.4 is 0 Å². The fourth-order valence-corrected chi connectivity index (χ4v) is 1.77. The lowest BCUT2D eigenvalue weighted by atomic mass is 10.1. The van der Waals surface area contributed by atoms with Crippen molar-refractivity contribution in [2.75, 3.05) is 0 Å². The first-order valence-corrected chi connectivity index (χ1v) is 5.76. The van der Waals surface area contributed by atoms with Gasteiger partial charge in [0, 0.05) is 0 Å². The van der Waals surface area contributed by atoms with Crippen molar-refractivity contribution < 1.29 is 4.74 Å². The lowest BCUT2D eigenvalue weighted by Gasteiger charge is -2.08. The van der Waals surface area contributed by atoms with Gasteiger partial charge in [-0.05, 0) is 43.2 Å². The predicted octanol–water partition coefficient (Wildman–Crippen LogP) is 4.07. The first-order valence-electron chi connectivity index (χ1n) is 5.76. The van der Waals surface area contributed by atoms with Crippen LogP contribution >= 0.6 is 0 Å². The molecule has 16 heavy (non-hydrogen) atoms. The van der Waals surface area contributed by atoms with Crippen LogP contribution in [0.5, 0.6) is 0 Å². The molecule has 1 heteroatoms. The van der Waals surface area contributed by atoms with Crippen LogP contribution in [0.4, 0.5) is 0 Å². The Morgan fingerprint density at radius 1 is 1.00 bits per heavy atom. The molecule has 0 unspecified atom stereocenters. The van der Waals surface area contributed by atoms with E-state index in [4.69, 9.17) is 4.74 Å². The Labute approximate surface area is 97.1 Å². The Bertz CT molecular complexity index is 486. The zero-order valence-corrected chi connectivity index (χ0v) is 10.2. The van der Waals surface area contributed by atoms with Crippen molar-refractivity contribution in [1.82, 2.24) is 0 Å². The maximum absolute atomic E-state index is 5.60. The molecule has 0 bridgehead atoms. The van der Waals surface area contributed by atoms with E-state index in [1.165, 1.54) is 21.9 Å². The highest BCUT2D eigenvalue weighted by atomic mass is 16.5. The van der Waals surface area contributed by atoms with Crippen LogP contribution in [-0.2, 0) is 11.3 Å². The summed E-state index contributed by atoms with van der Waals surface area (Å²) in [7, 11) is 0. The molecule has 0 fully saturated rings. The molecule has 0 aliphatic carbocycles. The van der Waals surface area contributed by atoms with Crippen LogP contribution in [0.3, 0.4) is 0 Å². The summed E-state index contributed by atoms with van der Waals surface area (Å²) in [6.45, 7) is 6.94. The van der Waals surface area contributed by atoms with Crippen molar-refractivity contribution in [1.29, 1.82) is 0 Å². The van der Waals surface area contributed by atoms with Crippen LogP contribution in [-0.4, -0.2) is 6.10 Å². The summed E-state index contributed by atoms with van der Waals surface area (Å²) in [5.74, 6) is 0. The molecule has 2 aromatic carbocycles. The highest BCUT2D eigenvalue weighted by Gasteiger charge is 1.99. The van der Waals surface area contributed by atoms with Crippen molar-refractivity contribution in [3.05, 3.63) is 47.5 Å². The van der Waals surface area contributed by atoms with E-state index < -0.39 is 0 Å². The van der Waals surface area contributed by atoms with Crippen molar-refractivity contribution in [2.24, 2.45) is 0 Å². The Balaban J connectivity index is 2.26. The van der Waals surface area contributed by atoms with E-state index in [2.05, 4.69) is 57.2 Å². The van der Waals surface area contributed by atoms with Crippen LogP contribution in [0.25, 0.3) is 10.8 Å². The van der Waals surface area contributed by atoms with Gasteiger partial charge >= 0.3 is 0 Å². The molecular weight excluding hydrogens is 196 g/mol. The first kappa shape index (κ1) is 11.2. The second kappa shape index (κ2) is 4.67. The number of fused-ring (bicyclic) bond motifs is 1. The standard InChI is InChI=1S/C15H18O/c1-11(2)16-10-13-5-7-14-8-12(3)4-6-15(14)9-13/h4-9,11H,10H2,1-3H3. The molecular formula is C15H18O. The summed E-state index contributed by atoms with van der Waals surface area (Å²) in [6, 6.07) is 13.0. The number of aryl methyl sites for hydroxylation is 1. The molecule has 0 aliphatic rings. The zero-order chi connectivity index (χ0) is 11.5. The average molecular weight is 214 g/mol. The van der Waals surface area contributed by atoms with Gasteiger partial charge in [0.2, 0.25) is 0 Å². The van der Waals surface area contributed by atoms with Crippen molar-refractivity contribution in [2.45, 2.75) is 33.5 Å². The van der Waals surface area contributed by atoms with E-state index in [1.807, 2.05) is 0 Å². The van der Waals surface area contributed by atoms with Crippen molar-refractivity contribution in [3.8, 4) is 0 Å². The Morgan fingerprint density at radius 3 is 2.44 bits per heavy atom. The minimum absolute atomic E-state index is 0.286. The van der Waals surface area contributed by atoms with Crippen LogP contribution in [0.2, 0.25) is 0 Å². The van der Waals surface area contributed by atoms with E-state index in [-0.39, 0.29) is 6.10 Å². The van der Waals surface area contributed by atoms with Gasteiger partial charge in [0.05, 0.1) is 12.7 Å². The Kier molecular flexibility index (Phi) is 3.25. The third kappa shape index (κ3) is 2.61. The van der Waals surface area contributed by atoms with E-state index in [9.17, 15) is 0 Å². The molecule has 0 aliphatic heterocycles. The molecule has 0 spiro atoms. The van der Waals surface area contributed by atoms with Gasteiger partial charge in [0.25, 0.3) is 0 Å². The largest absolute Gasteiger partial charge is 0.374 e. The van der Waals surface area contributed by atoms with E-state index in [1.54, 1.807) is 0 Å². The summed E-state index contributed by atoms with van der Waals surface area (Å²) >= 11 is 0. The smallest absolute Gasteiger partial charge is 0.0720 e. The highest BCUT2D eigenvalue weighted by molar-refractivity contribution is 5.83. The number of hydrogen-bond donors (Lipinski definition) is 0. The summed E-state index contributed by atoms with van der Waals surface area (Å²) in [5.41, 5.74) is 2.55. The average Bonchev–Trinajstić information content (AvgIpc) is 2.26. The molecule has 1 nitrogen and oxygen atoms in total. The molecule has 0 radical (unpaired) electrons. The van der Waals surface area contributed by atoms with Gasteiger partial charge in [-0.1, -0.05) is 35.9 Å². The first-order chi connectivity index (χ1) is 7.65. The van der Waals surface area contributed by atoms with Crippen LogP contribution in [0.1, 0.15) is 25.0 Å². The number of benzene rings is 2. The van der Waals surface area contributed by atoms with Gasteiger partial charge in [-0.2, -0.15) is 0 Å². The predicted molar refractivity (Wildman–Crippen MR) is 68.6 cm³/mol. The molecule has 0 heterocycles. The second-order valence-electron chi connectivity index (χ2n) is 4.54. The molecule has 0 aromatic heterocycles. The molecule has 0 amide bonds. The second-order valence-corrected chi connectivity index (χ2v) is 4.54. The SMILES string of the molecule is Cc1ccc2cc(COC(C)C)ccc2c1. The number of hydrogen-bond acceptors (Lipinski definition) is 1. The van der Waals surface area contributed by atoms with Crippen LogP contribution in [0.15, 0.2) is 36.4 Å². The van der Waals surface area contributed by atoms with Crippen LogP contribution in [0, 0.1) is 6.92 Å². The lowest BCUT2D eigenvalue weighted by molar-refractivity contribution is 0.0658. The molecule has 2 aromatic rings. The quantitative estimate of drug-likeness (QED) is 0.748. The maximum Gasteiger partial charge on any atom is 0.0720 e. The molecule has 2 rings (SSSR count). The molecule has 0 atom stereocenters.